The zero-order chi connectivity index (χ0) is 18.3. The predicted octanol–water partition coefficient (Wildman–Crippen LogP) is 2.52. The summed E-state index contributed by atoms with van der Waals surface area (Å²) in [5.74, 6) is -0.144. The molecule has 2 rings (SSSR count). The second-order valence-electron chi connectivity index (χ2n) is 6.55. The second kappa shape index (κ2) is 8.32. The highest BCUT2D eigenvalue weighted by atomic mass is 16.6. The molecule has 0 spiro atoms. The Hall–Kier alpha value is -2.83. The van der Waals surface area contributed by atoms with Gasteiger partial charge in [-0.25, -0.2) is 9.78 Å². The number of hydrogen-bond donors (Lipinski definition) is 2. The lowest BCUT2D eigenvalue weighted by atomic mass is 10.2. The van der Waals surface area contributed by atoms with Crippen molar-refractivity contribution in [2.45, 2.75) is 32.8 Å². The molecule has 0 aliphatic rings. The van der Waals surface area contributed by atoms with Gasteiger partial charge in [0.2, 0.25) is 0 Å². The molecule has 0 unspecified atom stereocenters. The van der Waals surface area contributed by atoms with Crippen molar-refractivity contribution in [2.24, 2.45) is 0 Å². The predicted molar refractivity (Wildman–Crippen MR) is 94.8 cm³/mol. The van der Waals surface area contributed by atoms with E-state index in [0.717, 1.165) is 5.69 Å². The SMILES string of the molecule is CC(C)(C)OC(=O)NCCCNC(=O)c1ccc(-n2ccnc2)cc1. The highest BCUT2D eigenvalue weighted by Gasteiger charge is 2.15. The quantitative estimate of drug-likeness (QED) is 0.789. The lowest BCUT2D eigenvalue weighted by molar-refractivity contribution is 0.0527. The Balaban J connectivity index is 1.69. The molecule has 1 heterocycles. The molecule has 1 aromatic carbocycles. The summed E-state index contributed by atoms with van der Waals surface area (Å²) in [6.45, 7) is 6.34. The van der Waals surface area contributed by atoms with Crippen LogP contribution in [0.4, 0.5) is 4.79 Å². The first kappa shape index (κ1) is 18.5. The summed E-state index contributed by atoms with van der Waals surface area (Å²) in [6, 6.07) is 7.26. The number of carbonyl (C=O) groups is 2. The van der Waals surface area contributed by atoms with Gasteiger partial charge in [-0.05, 0) is 51.5 Å². The number of amides is 2. The highest BCUT2D eigenvalue weighted by Crippen LogP contribution is 2.09. The van der Waals surface area contributed by atoms with Crippen molar-refractivity contribution in [3.63, 3.8) is 0 Å². The van der Waals surface area contributed by atoms with Crippen molar-refractivity contribution in [1.29, 1.82) is 0 Å². The standard InChI is InChI=1S/C18H24N4O3/c1-18(2,3)25-17(24)21-10-4-9-20-16(23)14-5-7-15(8-6-14)22-12-11-19-13-22/h5-8,11-13H,4,9-10H2,1-3H3,(H,20,23)(H,21,24). The van der Waals surface area contributed by atoms with Gasteiger partial charge in [0, 0.05) is 36.7 Å². The number of alkyl carbamates (subject to hydrolysis) is 1. The average molecular weight is 344 g/mol. The summed E-state index contributed by atoms with van der Waals surface area (Å²) in [7, 11) is 0. The molecule has 134 valence electrons. The summed E-state index contributed by atoms with van der Waals surface area (Å²) < 4.78 is 7.00. The van der Waals surface area contributed by atoms with Crippen LogP contribution in [0.2, 0.25) is 0 Å². The first-order valence-electron chi connectivity index (χ1n) is 8.18. The molecule has 1 aromatic heterocycles. The van der Waals surface area contributed by atoms with Crippen molar-refractivity contribution in [3.05, 3.63) is 48.5 Å². The fourth-order valence-electron chi connectivity index (χ4n) is 2.09. The van der Waals surface area contributed by atoms with Crippen LogP contribution in [0.3, 0.4) is 0 Å². The minimum absolute atomic E-state index is 0.144. The maximum absolute atomic E-state index is 12.1. The molecule has 2 aromatic rings. The van der Waals surface area contributed by atoms with Gasteiger partial charge in [0.1, 0.15) is 5.60 Å². The van der Waals surface area contributed by atoms with Gasteiger partial charge in [-0.3, -0.25) is 4.79 Å². The maximum atomic E-state index is 12.1. The highest BCUT2D eigenvalue weighted by molar-refractivity contribution is 5.94. The lowest BCUT2D eigenvalue weighted by Gasteiger charge is -2.19. The number of imidazole rings is 1. The Kier molecular flexibility index (Phi) is 6.16. The summed E-state index contributed by atoms with van der Waals surface area (Å²) in [5, 5.41) is 5.48. The Morgan fingerprint density at radius 2 is 1.80 bits per heavy atom. The molecule has 25 heavy (non-hydrogen) atoms. The van der Waals surface area contributed by atoms with Crippen LogP contribution < -0.4 is 10.6 Å². The third-order valence-corrected chi connectivity index (χ3v) is 3.24. The van der Waals surface area contributed by atoms with Gasteiger partial charge in [0.25, 0.3) is 5.91 Å². The molecule has 0 saturated heterocycles. The molecule has 7 heteroatoms. The van der Waals surface area contributed by atoms with Crippen LogP contribution in [0, 0.1) is 0 Å². The van der Waals surface area contributed by atoms with Gasteiger partial charge in [0.15, 0.2) is 0 Å². The largest absolute Gasteiger partial charge is 0.444 e. The summed E-state index contributed by atoms with van der Waals surface area (Å²) in [5.41, 5.74) is 1.01. The molecule has 7 nitrogen and oxygen atoms in total. The average Bonchev–Trinajstić information content (AvgIpc) is 3.07. The molecular formula is C18H24N4O3. The third kappa shape index (κ3) is 6.29. The number of ether oxygens (including phenoxy) is 1. The van der Waals surface area contributed by atoms with E-state index in [4.69, 9.17) is 4.74 Å². The molecular weight excluding hydrogens is 320 g/mol. The monoisotopic (exact) mass is 344 g/mol. The summed E-state index contributed by atoms with van der Waals surface area (Å²) in [6.07, 6.45) is 5.41. The number of carbonyl (C=O) groups excluding carboxylic acids is 2. The van der Waals surface area contributed by atoms with Crippen molar-refractivity contribution in [2.75, 3.05) is 13.1 Å². The molecule has 2 N–H and O–H groups in total. The van der Waals surface area contributed by atoms with E-state index < -0.39 is 11.7 Å². The minimum Gasteiger partial charge on any atom is -0.444 e. The van der Waals surface area contributed by atoms with Gasteiger partial charge >= 0.3 is 6.09 Å². The maximum Gasteiger partial charge on any atom is 0.407 e. The fourth-order valence-corrected chi connectivity index (χ4v) is 2.09. The van der Waals surface area contributed by atoms with Crippen molar-refractivity contribution in [1.82, 2.24) is 20.2 Å². The van der Waals surface area contributed by atoms with E-state index in [9.17, 15) is 9.59 Å². The van der Waals surface area contributed by atoms with Crippen LogP contribution in [0.1, 0.15) is 37.6 Å². The van der Waals surface area contributed by atoms with Crippen molar-refractivity contribution >= 4 is 12.0 Å². The van der Waals surface area contributed by atoms with Gasteiger partial charge in [0.05, 0.1) is 6.33 Å². The number of aromatic nitrogens is 2. The minimum atomic E-state index is -0.513. The number of benzene rings is 1. The van der Waals surface area contributed by atoms with Crippen LogP contribution in [-0.4, -0.2) is 40.2 Å². The van der Waals surface area contributed by atoms with E-state index in [1.165, 1.54) is 0 Å². The van der Waals surface area contributed by atoms with E-state index in [1.807, 2.05) is 43.7 Å². The zero-order valence-electron chi connectivity index (χ0n) is 14.8. The number of nitrogens with zero attached hydrogens (tertiary/aromatic N) is 2. The van der Waals surface area contributed by atoms with E-state index in [1.54, 1.807) is 24.7 Å². The normalized spacial score (nSPS) is 11.0. The first-order valence-corrected chi connectivity index (χ1v) is 8.18. The Bertz CT molecular complexity index is 688. The molecule has 0 atom stereocenters. The van der Waals surface area contributed by atoms with Crippen molar-refractivity contribution < 1.29 is 14.3 Å². The fraction of sp³-hybridized carbons (Fsp3) is 0.389. The Morgan fingerprint density at radius 1 is 1.12 bits per heavy atom. The first-order chi connectivity index (χ1) is 11.8. The molecule has 0 bridgehead atoms. The molecule has 0 saturated carbocycles. The molecule has 2 amide bonds. The number of nitrogens with one attached hydrogen (secondary N) is 2. The van der Waals surface area contributed by atoms with Crippen molar-refractivity contribution in [3.8, 4) is 5.69 Å². The summed E-state index contributed by atoms with van der Waals surface area (Å²) >= 11 is 0. The van der Waals surface area contributed by atoms with Crippen LogP contribution >= 0.6 is 0 Å². The molecule has 0 aliphatic heterocycles. The molecule has 0 aliphatic carbocycles. The van der Waals surface area contributed by atoms with Gasteiger partial charge in [-0.15, -0.1) is 0 Å². The third-order valence-electron chi connectivity index (χ3n) is 3.24. The van der Waals surface area contributed by atoms with E-state index >= 15 is 0 Å². The Morgan fingerprint density at radius 3 is 2.40 bits per heavy atom. The van der Waals surface area contributed by atoms with Gasteiger partial charge in [-0.2, -0.15) is 0 Å². The van der Waals surface area contributed by atoms with Crippen LogP contribution in [0.25, 0.3) is 5.69 Å². The van der Waals surface area contributed by atoms with E-state index in [-0.39, 0.29) is 5.91 Å². The van der Waals surface area contributed by atoms with Crippen LogP contribution in [-0.2, 0) is 4.74 Å². The van der Waals surface area contributed by atoms with Crippen LogP contribution in [0.15, 0.2) is 43.0 Å². The molecule has 0 fully saturated rings. The summed E-state index contributed by atoms with van der Waals surface area (Å²) in [4.78, 5) is 27.6. The lowest BCUT2D eigenvalue weighted by Crippen LogP contribution is -2.34. The topological polar surface area (TPSA) is 85.3 Å². The number of hydrogen-bond acceptors (Lipinski definition) is 4. The zero-order valence-corrected chi connectivity index (χ0v) is 14.8. The second-order valence-corrected chi connectivity index (χ2v) is 6.55. The number of rotatable bonds is 6. The smallest absolute Gasteiger partial charge is 0.407 e. The van der Waals surface area contributed by atoms with E-state index in [2.05, 4.69) is 15.6 Å². The van der Waals surface area contributed by atoms with Crippen LogP contribution in [0.5, 0.6) is 0 Å². The van der Waals surface area contributed by atoms with E-state index in [0.29, 0.717) is 25.1 Å². The molecule has 0 radical (unpaired) electrons. The Labute approximate surface area is 147 Å². The van der Waals surface area contributed by atoms with Gasteiger partial charge < -0.3 is 19.9 Å². The van der Waals surface area contributed by atoms with Gasteiger partial charge in [-0.1, -0.05) is 0 Å².